The second-order valence-corrected chi connectivity index (χ2v) is 5.54. The van der Waals surface area contributed by atoms with Crippen molar-refractivity contribution in [3.8, 4) is 0 Å². The summed E-state index contributed by atoms with van der Waals surface area (Å²) >= 11 is 0. The van der Waals surface area contributed by atoms with Crippen molar-refractivity contribution in [1.29, 1.82) is 0 Å². The molecule has 3 N–H and O–H groups in total. The zero-order chi connectivity index (χ0) is 18.2. The Kier molecular flexibility index (Phi) is 5.57. The molecule has 6 heteroatoms. The lowest BCUT2D eigenvalue weighted by Crippen LogP contribution is -2.34. The van der Waals surface area contributed by atoms with E-state index in [-0.39, 0.29) is 17.5 Å². The van der Waals surface area contributed by atoms with Gasteiger partial charge in [0.1, 0.15) is 5.70 Å². The van der Waals surface area contributed by atoms with Crippen LogP contribution in [0.25, 0.3) is 6.08 Å². The van der Waals surface area contributed by atoms with Gasteiger partial charge in [-0.3, -0.25) is 14.6 Å². The largest absolute Gasteiger partial charge is 0.362 e. The molecule has 0 radical (unpaired) electrons. The summed E-state index contributed by atoms with van der Waals surface area (Å²) in [7, 11) is 0. The molecule has 0 fully saturated rings. The molecule has 130 valence electrons. The second kappa shape index (κ2) is 8.43. The maximum Gasteiger partial charge on any atom is 0.268 e. The third kappa shape index (κ3) is 4.67. The molecule has 2 aromatic heterocycles. The van der Waals surface area contributed by atoms with Gasteiger partial charge in [0.25, 0.3) is 11.8 Å². The summed E-state index contributed by atoms with van der Waals surface area (Å²) < 4.78 is 0. The molecule has 0 bridgehead atoms. The van der Waals surface area contributed by atoms with Crippen molar-refractivity contribution in [2.75, 3.05) is 0 Å². The Morgan fingerprint density at radius 2 is 1.77 bits per heavy atom. The van der Waals surface area contributed by atoms with E-state index in [9.17, 15) is 9.59 Å². The molecule has 0 aliphatic heterocycles. The molecule has 2 heterocycles. The Hall–Kier alpha value is -3.67. The first-order valence-electron chi connectivity index (χ1n) is 8.11. The molecule has 0 saturated carbocycles. The molecule has 0 aliphatic rings. The van der Waals surface area contributed by atoms with E-state index in [1.807, 2.05) is 30.3 Å². The van der Waals surface area contributed by atoms with Gasteiger partial charge >= 0.3 is 0 Å². The van der Waals surface area contributed by atoms with Crippen molar-refractivity contribution >= 4 is 17.9 Å². The van der Waals surface area contributed by atoms with Gasteiger partial charge in [0.05, 0.1) is 0 Å². The van der Waals surface area contributed by atoms with Crippen LogP contribution in [0.2, 0.25) is 0 Å². The highest BCUT2D eigenvalue weighted by atomic mass is 16.2. The van der Waals surface area contributed by atoms with Crippen LogP contribution in [0, 0.1) is 0 Å². The molecule has 0 spiro atoms. The lowest BCUT2D eigenvalue weighted by Gasteiger charge is -2.11. The molecule has 0 atom stereocenters. The van der Waals surface area contributed by atoms with Crippen LogP contribution in [-0.2, 0) is 11.3 Å². The first-order chi connectivity index (χ1) is 12.7. The fraction of sp³-hybridized carbons (Fsp3) is 0.0500. The number of carbonyl (C=O) groups excluding carboxylic acids is 2. The fourth-order valence-electron chi connectivity index (χ4n) is 2.31. The number of pyridine rings is 1. The van der Waals surface area contributed by atoms with Crippen molar-refractivity contribution in [3.63, 3.8) is 0 Å². The normalized spacial score (nSPS) is 11.0. The van der Waals surface area contributed by atoms with Crippen LogP contribution >= 0.6 is 0 Å². The van der Waals surface area contributed by atoms with Crippen molar-refractivity contribution in [1.82, 2.24) is 20.6 Å². The first-order valence-corrected chi connectivity index (χ1v) is 8.11. The minimum atomic E-state index is -0.374. The minimum Gasteiger partial charge on any atom is -0.362 e. The second-order valence-electron chi connectivity index (χ2n) is 5.54. The Bertz CT molecular complexity index is 888. The van der Waals surface area contributed by atoms with Crippen molar-refractivity contribution in [3.05, 3.63) is 95.7 Å². The highest BCUT2D eigenvalue weighted by Crippen LogP contribution is 2.06. The van der Waals surface area contributed by atoms with E-state index in [1.165, 1.54) is 0 Å². The van der Waals surface area contributed by atoms with Gasteiger partial charge in [-0.2, -0.15) is 0 Å². The van der Waals surface area contributed by atoms with Crippen LogP contribution < -0.4 is 10.6 Å². The van der Waals surface area contributed by atoms with Gasteiger partial charge in [-0.25, -0.2) is 0 Å². The highest BCUT2D eigenvalue weighted by molar-refractivity contribution is 6.05. The number of amides is 2. The molecule has 6 nitrogen and oxygen atoms in total. The number of aromatic nitrogens is 2. The molecule has 3 rings (SSSR count). The van der Waals surface area contributed by atoms with Crippen LogP contribution in [0.3, 0.4) is 0 Å². The maximum absolute atomic E-state index is 12.6. The zero-order valence-electron chi connectivity index (χ0n) is 14.0. The van der Waals surface area contributed by atoms with Crippen LogP contribution in [-0.4, -0.2) is 21.8 Å². The fourth-order valence-corrected chi connectivity index (χ4v) is 2.31. The average Bonchev–Trinajstić information content (AvgIpc) is 3.20. The summed E-state index contributed by atoms with van der Waals surface area (Å²) in [6.07, 6.45) is 6.67. The topological polar surface area (TPSA) is 86.9 Å². The van der Waals surface area contributed by atoms with E-state index < -0.39 is 0 Å². The van der Waals surface area contributed by atoms with Gasteiger partial charge in [0, 0.05) is 36.4 Å². The Labute approximate surface area is 151 Å². The molecule has 1 aromatic carbocycles. The SMILES string of the molecule is O=C(NCc1ccncc1)C(=Cc1ccc[nH]1)NC(=O)c1ccccc1. The first kappa shape index (κ1) is 17.2. The van der Waals surface area contributed by atoms with Crippen LogP contribution in [0.4, 0.5) is 0 Å². The highest BCUT2D eigenvalue weighted by Gasteiger charge is 2.14. The smallest absolute Gasteiger partial charge is 0.268 e. The Morgan fingerprint density at radius 3 is 2.46 bits per heavy atom. The van der Waals surface area contributed by atoms with Gasteiger partial charge in [0.15, 0.2) is 0 Å². The number of H-pyrrole nitrogens is 1. The molecule has 3 aromatic rings. The van der Waals surface area contributed by atoms with Crippen LogP contribution in [0.1, 0.15) is 21.6 Å². The number of hydrogen-bond donors (Lipinski definition) is 3. The summed E-state index contributed by atoms with van der Waals surface area (Å²) in [5, 5.41) is 5.49. The quantitative estimate of drug-likeness (QED) is 0.599. The average molecular weight is 346 g/mol. The van der Waals surface area contributed by atoms with Crippen molar-refractivity contribution in [2.24, 2.45) is 0 Å². The molecule has 0 aliphatic carbocycles. The van der Waals surface area contributed by atoms with Crippen LogP contribution in [0.15, 0.2) is 78.9 Å². The monoisotopic (exact) mass is 346 g/mol. The molecule has 26 heavy (non-hydrogen) atoms. The number of carbonyl (C=O) groups is 2. The minimum absolute atomic E-state index is 0.162. The molecule has 0 saturated heterocycles. The summed E-state index contributed by atoms with van der Waals surface area (Å²) in [4.78, 5) is 31.9. The van der Waals surface area contributed by atoms with Crippen LogP contribution in [0.5, 0.6) is 0 Å². The van der Waals surface area contributed by atoms with E-state index in [0.29, 0.717) is 17.8 Å². The van der Waals surface area contributed by atoms with Crippen molar-refractivity contribution < 1.29 is 9.59 Å². The zero-order valence-corrected chi connectivity index (χ0v) is 14.0. The maximum atomic E-state index is 12.6. The lowest BCUT2D eigenvalue weighted by atomic mass is 10.2. The number of benzene rings is 1. The third-order valence-electron chi connectivity index (χ3n) is 3.65. The summed E-state index contributed by atoms with van der Waals surface area (Å²) in [5.41, 5.74) is 2.27. The molecular weight excluding hydrogens is 328 g/mol. The van der Waals surface area contributed by atoms with E-state index in [2.05, 4.69) is 20.6 Å². The summed E-state index contributed by atoms with van der Waals surface area (Å²) in [6, 6.07) is 16.0. The van der Waals surface area contributed by atoms with Gasteiger partial charge in [-0.15, -0.1) is 0 Å². The lowest BCUT2D eigenvalue weighted by molar-refractivity contribution is -0.117. The number of nitrogens with zero attached hydrogens (tertiary/aromatic N) is 1. The molecular formula is C20H18N4O2. The third-order valence-corrected chi connectivity index (χ3v) is 3.65. The predicted octanol–water partition coefficient (Wildman–Crippen LogP) is 2.50. The number of aromatic amines is 1. The van der Waals surface area contributed by atoms with Gasteiger partial charge in [-0.05, 0) is 48.0 Å². The number of hydrogen-bond acceptors (Lipinski definition) is 3. The summed E-state index contributed by atoms with van der Waals surface area (Å²) in [6.45, 7) is 0.338. The summed E-state index contributed by atoms with van der Waals surface area (Å²) in [5.74, 6) is -0.719. The van der Waals surface area contributed by atoms with Gasteiger partial charge < -0.3 is 15.6 Å². The molecule has 0 unspecified atom stereocenters. The van der Waals surface area contributed by atoms with E-state index in [4.69, 9.17) is 0 Å². The Balaban J connectivity index is 1.75. The predicted molar refractivity (Wildman–Crippen MR) is 98.8 cm³/mol. The standard InChI is InChI=1S/C20H18N4O2/c25-19(16-5-2-1-3-6-16)24-18(13-17-7-4-10-22-17)20(26)23-14-15-8-11-21-12-9-15/h1-13,22H,14H2,(H,23,26)(H,24,25). The number of rotatable bonds is 6. The number of nitrogens with one attached hydrogen (secondary N) is 3. The van der Waals surface area contributed by atoms with E-state index in [1.54, 1.807) is 48.9 Å². The van der Waals surface area contributed by atoms with Crippen molar-refractivity contribution in [2.45, 2.75) is 6.54 Å². The van der Waals surface area contributed by atoms with E-state index >= 15 is 0 Å². The molecule has 2 amide bonds. The van der Waals surface area contributed by atoms with E-state index in [0.717, 1.165) is 5.56 Å². The Morgan fingerprint density at radius 1 is 1.00 bits per heavy atom. The van der Waals surface area contributed by atoms with Gasteiger partial charge in [0.2, 0.25) is 0 Å². The van der Waals surface area contributed by atoms with Gasteiger partial charge in [-0.1, -0.05) is 18.2 Å².